The third-order valence-corrected chi connectivity index (χ3v) is 2.94. The fraction of sp³-hybridized carbons (Fsp3) is 0.385. The highest BCUT2D eigenvalue weighted by molar-refractivity contribution is 5.36. The zero-order chi connectivity index (χ0) is 13.7. The van der Waals surface area contributed by atoms with E-state index in [9.17, 15) is 4.39 Å². The second-order valence-corrected chi connectivity index (χ2v) is 4.21. The summed E-state index contributed by atoms with van der Waals surface area (Å²) in [6.45, 7) is 2.58. The molecule has 2 aromatic rings. The summed E-state index contributed by atoms with van der Waals surface area (Å²) >= 11 is 0. The molecule has 0 amide bonds. The van der Waals surface area contributed by atoms with Gasteiger partial charge in [-0.3, -0.25) is 5.10 Å². The fourth-order valence-corrected chi connectivity index (χ4v) is 1.98. The van der Waals surface area contributed by atoms with Gasteiger partial charge in [0.15, 0.2) is 0 Å². The second-order valence-electron chi connectivity index (χ2n) is 4.21. The second kappa shape index (κ2) is 6.29. The number of nitrogens with zero attached hydrogens (tertiary/aromatic N) is 2. The van der Waals surface area contributed by atoms with Gasteiger partial charge in [-0.05, 0) is 19.1 Å². The third kappa shape index (κ3) is 3.29. The van der Waals surface area contributed by atoms with Crippen molar-refractivity contribution in [1.82, 2.24) is 20.5 Å². The number of hydrogen-bond acceptors (Lipinski definition) is 4. The van der Waals surface area contributed by atoms with Gasteiger partial charge in [0.05, 0.1) is 7.11 Å². The van der Waals surface area contributed by atoms with Crippen molar-refractivity contribution in [2.24, 2.45) is 0 Å². The van der Waals surface area contributed by atoms with Gasteiger partial charge < -0.3 is 10.1 Å². The van der Waals surface area contributed by atoms with Crippen molar-refractivity contribution in [3.05, 3.63) is 41.7 Å². The van der Waals surface area contributed by atoms with Gasteiger partial charge in [0.1, 0.15) is 23.7 Å². The predicted octanol–water partition coefficient (Wildman–Crippen LogP) is 1.85. The molecule has 102 valence electrons. The molecule has 0 radical (unpaired) electrons. The van der Waals surface area contributed by atoms with Crippen molar-refractivity contribution in [2.45, 2.75) is 19.4 Å². The summed E-state index contributed by atoms with van der Waals surface area (Å²) < 4.78 is 19.0. The van der Waals surface area contributed by atoms with Crippen LogP contribution in [0.25, 0.3) is 0 Å². The smallest absolute Gasteiger partial charge is 0.137 e. The quantitative estimate of drug-likeness (QED) is 0.835. The standard InChI is InChI=1S/C13H17FN4O/c1-9(15-7-6-12-16-8-17-18-12)13-10(14)4-3-5-11(13)19-2/h3-5,8-9,15H,6-7H2,1-2H3,(H,16,17,18). The lowest BCUT2D eigenvalue weighted by Gasteiger charge is -2.17. The van der Waals surface area contributed by atoms with Crippen molar-refractivity contribution in [1.29, 1.82) is 0 Å². The number of ether oxygens (including phenoxy) is 1. The summed E-state index contributed by atoms with van der Waals surface area (Å²) in [7, 11) is 1.54. The number of hydrogen-bond donors (Lipinski definition) is 2. The van der Waals surface area contributed by atoms with E-state index in [-0.39, 0.29) is 11.9 Å². The Hall–Kier alpha value is -1.95. The van der Waals surface area contributed by atoms with Crippen molar-refractivity contribution in [3.63, 3.8) is 0 Å². The summed E-state index contributed by atoms with van der Waals surface area (Å²) in [5.74, 6) is 1.10. The first-order valence-electron chi connectivity index (χ1n) is 6.12. The molecule has 0 saturated carbocycles. The molecule has 1 atom stereocenters. The third-order valence-electron chi connectivity index (χ3n) is 2.94. The van der Waals surface area contributed by atoms with Crippen molar-refractivity contribution >= 4 is 0 Å². The summed E-state index contributed by atoms with van der Waals surface area (Å²) in [5, 5.41) is 9.81. The highest BCUT2D eigenvalue weighted by Gasteiger charge is 2.15. The van der Waals surface area contributed by atoms with Crippen LogP contribution in [0.1, 0.15) is 24.4 Å². The molecule has 5 nitrogen and oxygen atoms in total. The number of aromatic amines is 1. The molecule has 2 rings (SSSR count). The highest BCUT2D eigenvalue weighted by atomic mass is 19.1. The molecule has 1 aromatic carbocycles. The van der Waals surface area contributed by atoms with Crippen LogP contribution in [0.4, 0.5) is 4.39 Å². The van der Waals surface area contributed by atoms with E-state index >= 15 is 0 Å². The molecule has 0 saturated heterocycles. The highest BCUT2D eigenvalue weighted by Crippen LogP contribution is 2.27. The van der Waals surface area contributed by atoms with Crippen LogP contribution < -0.4 is 10.1 Å². The van der Waals surface area contributed by atoms with Crippen LogP contribution in [-0.2, 0) is 6.42 Å². The molecular weight excluding hydrogens is 247 g/mol. The molecule has 0 aliphatic rings. The van der Waals surface area contributed by atoms with Crippen LogP contribution in [-0.4, -0.2) is 28.8 Å². The van der Waals surface area contributed by atoms with E-state index < -0.39 is 0 Å². The molecule has 19 heavy (non-hydrogen) atoms. The summed E-state index contributed by atoms with van der Waals surface area (Å²) in [5.41, 5.74) is 0.544. The van der Waals surface area contributed by atoms with Crippen LogP contribution in [0.15, 0.2) is 24.5 Å². The number of halogens is 1. The lowest BCUT2D eigenvalue weighted by Crippen LogP contribution is -2.23. The van der Waals surface area contributed by atoms with E-state index in [4.69, 9.17) is 4.74 Å². The zero-order valence-corrected chi connectivity index (χ0v) is 11.0. The molecule has 0 spiro atoms. The maximum atomic E-state index is 13.8. The van der Waals surface area contributed by atoms with Crippen molar-refractivity contribution in [3.8, 4) is 5.75 Å². The average Bonchev–Trinajstić information content (AvgIpc) is 2.91. The Morgan fingerprint density at radius 3 is 3.00 bits per heavy atom. The van der Waals surface area contributed by atoms with Crippen LogP contribution >= 0.6 is 0 Å². The summed E-state index contributed by atoms with van der Waals surface area (Å²) in [6.07, 6.45) is 2.18. The van der Waals surface area contributed by atoms with Crippen molar-refractivity contribution in [2.75, 3.05) is 13.7 Å². The normalized spacial score (nSPS) is 12.4. The van der Waals surface area contributed by atoms with E-state index in [0.29, 0.717) is 24.3 Å². The molecule has 0 aliphatic carbocycles. The number of nitrogens with one attached hydrogen (secondary N) is 2. The van der Waals surface area contributed by atoms with Crippen LogP contribution in [0.5, 0.6) is 5.75 Å². The van der Waals surface area contributed by atoms with E-state index in [1.165, 1.54) is 12.4 Å². The molecule has 2 N–H and O–H groups in total. The van der Waals surface area contributed by atoms with Gasteiger partial charge in [-0.15, -0.1) is 0 Å². The minimum absolute atomic E-state index is 0.140. The first-order chi connectivity index (χ1) is 9.22. The Kier molecular flexibility index (Phi) is 4.46. The first kappa shape index (κ1) is 13.5. The summed E-state index contributed by atoms with van der Waals surface area (Å²) in [6, 6.07) is 4.69. The zero-order valence-electron chi connectivity index (χ0n) is 11.0. The Bertz CT molecular complexity index is 515. The van der Waals surface area contributed by atoms with E-state index in [2.05, 4.69) is 20.5 Å². The fourth-order valence-electron chi connectivity index (χ4n) is 1.98. The number of aromatic nitrogens is 3. The lowest BCUT2D eigenvalue weighted by molar-refractivity contribution is 0.394. The van der Waals surface area contributed by atoms with Gasteiger partial charge in [0, 0.05) is 24.6 Å². The monoisotopic (exact) mass is 264 g/mol. The topological polar surface area (TPSA) is 62.8 Å². The van der Waals surface area contributed by atoms with Crippen LogP contribution in [0.3, 0.4) is 0 Å². The van der Waals surface area contributed by atoms with Gasteiger partial charge in [-0.1, -0.05) is 6.07 Å². The maximum absolute atomic E-state index is 13.8. The number of rotatable bonds is 6. The SMILES string of the molecule is COc1cccc(F)c1C(C)NCCc1ncn[nH]1. The minimum Gasteiger partial charge on any atom is -0.496 e. The van der Waals surface area contributed by atoms with E-state index in [1.807, 2.05) is 6.92 Å². The minimum atomic E-state index is -0.265. The first-order valence-corrected chi connectivity index (χ1v) is 6.12. The molecule has 6 heteroatoms. The molecule has 1 heterocycles. The molecule has 0 bridgehead atoms. The number of methoxy groups -OCH3 is 1. The molecular formula is C13H17FN4O. The molecule has 0 fully saturated rings. The molecule has 1 unspecified atom stereocenters. The number of benzene rings is 1. The van der Waals surface area contributed by atoms with Crippen molar-refractivity contribution < 1.29 is 9.13 Å². The van der Waals surface area contributed by atoms with Crippen LogP contribution in [0, 0.1) is 5.82 Å². The van der Waals surface area contributed by atoms with E-state index in [0.717, 1.165) is 5.82 Å². The Balaban J connectivity index is 1.97. The lowest BCUT2D eigenvalue weighted by atomic mass is 10.1. The number of H-pyrrole nitrogens is 1. The van der Waals surface area contributed by atoms with Gasteiger partial charge in [-0.25, -0.2) is 9.37 Å². The van der Waals surface area contributed by atoms with Crippen LogP contribution in [0.2, 0.25) is 0 Å². The molecule has 0 aliphatic heterocycles. The predicted molar refractivity (Wildman–Crippen MR) is 69.5 cm³/mol. The Morgan fingerprint density at radius 2 is 2.32 bits per heavy atom. The molecule has 1 aromatic heterocycles. The summed E-state index contributed by atoms with van der Waals surface area (Å²) in [4.78, 5) is 4.03. The Morgan fingerprint density at radius 1 is 1.47 bits per heavy atom. The van der Waals surface area contributed by atoms with Gasteiger partial charge in [0.2, 0.25) is 0 Å². The average molecular weight is 264 g/mol. The largest absolute Gasteiger partial charge is 0.496 e. The van der Waals surface area contributed by atoms with E-state index in [1.54, 1.807) is 19.2 Å². The Labute approximate surface area is 111 Å². The van der Waals surface area contributed by atoms with Gasteiger partial charge in [0.25, 0.3) is 0 Å². The van der Waals surface area contributed by atoms with Gasteiger partial charge in [-0.2, -0.15) is 5.10 Å². The van der Waals surface area contributed by atoms with Gasteiger partial charge >= 0.3 is 0 Å². The maximum Gasteiger partial charge on any atom is 0.137 e.